The molecule has 5 heteroatoms. The van der Waals surface area contributed by atoms with Gasteiger partial charge >= 0.3 is 5.97 Å². The number of nitrogens with zero attached hydrogens (tertiary/aromatic N) is 1. The van der Waals surface area contributed by atoms with Gasteiger partial charge in [0.2, 0.25) is 0 Å². The summed E-state index contributed by atoms with van der Waals surface area (Å²) in [5.74, 6) is 0.584. The first-order valence-corrected chi connectivity index (χ1v) is 10.1. The van der Waals surface area contributed by atoms with E-state index in [9.17, 15) is 14.7 Å². The molecule has 5 nitrogen and oxygen atoms in total. The van der Waals surface area contributed by atoms with Crippen molar-refractivity contribution in [1.82, 2.24) is 4.90 Å². The van der Waals surface area contributed by atoms with Crippen molar-refractivity contribution in [1.29, 1.82) is 0 Å². The molecule has 0 spiro atoms. The maximum atomic E-state index is 13.0. The van der Waals surface area contributed by atoms with Crippen molar-refractivity contribution in [3.8, 4) is 0 Å². The van der Waals surface area contributed by atoms with E-state index in [1.807, 2.05) is 4.90 Å². The summed E-state index contributed by atoms with van der Waals surface area (Å²) < 4.78 is 5.69. The Balaban J connectivity index is 1.42. The van der Waals surface area contributed by atoms with Crippen LogP contribution in [-0.4, -0.2) is 46.7 Å². The molecule has 4 aliphatic carbocycles. The molecule has 1 saturated heterocycles. The zero-order valence-electron chi connectivity index (χ0n) is 15.3. The lowest BCUT2D eigenvalue weighted by atomic mass is 9.48. The molecular weight excluding hydrogens is 318 g/mol. The second kappa shape index (κ2) is 6.26. The minimum Gasteiger partial charge on any atom is -0.452 e. The van der Waals surface area contributed by atoms with E-state index >= 15 is 0 Å². The van der Waals surface area contributed by atoms with Crippen LogP contribution in [0.1, 0.15) is 71.1 Å². The third kappa shape index (κ3) is 3.20. The molecule has 1 amide bonds. The van der Waals surface area contributed by atoms with Gasteiger partial charge in [-0.1, -0.05) is 12.8 Å². The van der Waals surface area contributed by atoms with E-state index in [1.54, 1.807) is 6.92 Å². The Bertz CT molecular complexity index is 538. The lowest BCUT2D eigenvalue weighted by molar-refractivity contribution is -0.200. The van der Waals surface area contributed by atoms with Crippen LogP contribution >= 0.6 is 0 Å². The second-order valence-corrected chi connectivity index (χ2v) is 9.25. The van der Waals surface area contributed by atoms with Crippen molar-refractivity contribution in [2.24, 2.45) is 17.3 Å². The van der Waals surface area contributed by atoms with Gasteiger partial charge in [0.1, 0.15) is 0 Å². The third-order valence-electron chi connectivity index (χ3n) is 7.01. The van der Waals surface area contributed by atoms with Crippen LogP contribution in [0.5, 0.6) is 0 Å². The van der Waals surface area contributed by atoms with Crippen molar-refractivity contribution >= 4 is 11.9 Å². The van der Waals surface area contributed by atoms with Crippen LogP contribution < -0.4 is 0 Å². The number of likely N-dealkylation sites (tertiary alicyclic amines) is 1. The van der Waals surface area contributed by atoms with E-state index in [4.69, 9.17) is 4.74 Å². The number of carbonyl (C=O) groups excluding carboxylic acids is 2. The number of esters is 1. The highest BCUT2D eigenvalue weighted by Gasteiger charge is 2.61. The Labute approximate surface area is 150 Å². The predicted molar refractivity (Wildman–Crippen MR) is 92.7 cm³/mol. The quantitative estimate of drug-likeness (QED) is 0.796. The van der Waals surface area contributed by atoms with Crippen molar-refractivity contribution in [3.05, 3.63) is 0 Å². The van der Waals surface area contributed by atoms with Gasteiger partial charge in [0, 0.05) is 13.1 Å². The Morgan fingerprint density at radius 2 is 1.64 bits per heavy atom. The van der Waals surface area contributed by atoms with Gasteiger partial charge in [-0.15, -0.1) is 0 Å². The van der Waals surface area contributed by atoms with Crippen LogP contribution in [-0.2, 0) is 14.3 Å². The lowest BCUT2D eigenvalue weighted by Gasteiger charge is -2.58. The summed E-state index contributed by atoms with van der Waals surface area (Å²) in [6, 6.07) is 0. The topological polar surface area (TPSA) is 66.8 Å². The van der Waals surface area contributed by atoms with Crippen LogP contribution in [0.2, 0.25) is 0 Å². The highest BCUT2D eigenvalue weighted by molar-refractivity contribution is 5.85. The van der Waals surface area contributed by atoms with Gasteiger partial charge in [-0.25, -0.2) is 0 Å². The minimum absolute atomic E-state index is 0.0568. The molecule has 4 saturated carbocycles. The normalized spacial score (nSPS) is 41.3. The number of rotatable bonds is 3. The molecule has 25 heavy (non-hydrogen) atoms. The summed E-state index contributed by atoms with van der Waals surface area (Å²) in [7, 11) is 0. The number of carbonyl (C=O) groups is 2. The van der Waals surface area contributed by atoms with Crippen molar-refractivity contribution in [2.75, 3.05) is 13.1 Å². The summed E-state index contributed by atoms with van der Waals surface area (Å²) in [5.41, 5.74) is -1.23. The molecular formula is C20H31NO4. The van der Waals surface area contributed by atoms with E-state index in [-0.39, 0.29) is 11.9 Å². The summed E-state index contributed by atoms with van der Waals surface area (Å²) >= 11 is 0. The van der Waals surface area contributed by atoms with Gasteiger partial charge in [-0.05, 0) is 70.1 Å². The van der Waals surface area contributed by atoms with Crippen LogP contribution in [0.25, 0.3) is 0 Å². The van der Waals surface area contributed by atoms with Gasteiger partial charge in [-0.2, -0.15) is 0 Å². The summed E-state index contributed by atoms with van der Waals surface area (Å²) in [6.07, 6.45) is 8.68. The molecule has 5 fully saturated rings. The van der Waals surface area contributed by atoms with Gasteiger partial charge in [0.15, 0.2) is 6.10 Å². The summed E-state index contributed by atoms with van der Waals surface area (Å²) in [4.78, 5) is 27.5. The van der Waals surface area contributed by atoms with E-state index in [2.05, 4.69) is 0 Å². The van der Waals surface area contributed by atoms with Crippen LogP contribution in [0.4, 0.5) is 0 Å². The number of hydrogen-bond donors (Lipinski definition) is 1. The van der Waals surface area contributed by atoms with Crippen molar-refractivity contribution < 1.29 is 19.4 Å². The zero-order chi connectivity index (χ0) is 17.7. The molecule has 0 radical (unpaired) electrons. The van der Waals surface area contributed by atoms with E-state index in [0.29, 0.717) is 18.3 Å². The predicted octanol–water partition coefficient (Wildman–Crippen LogP) is 2.65. The minimum atomic E-state index is -0.715. The van der Waals surface area contributed by atoms with Gasteiger partial charge in [0.25, 0.3) is 5.91 Å². The molecule has 5 aliphatic rings. The standard InChI is InChI=1S/C20H31NO4/c1-14(17(22)21-6-4-2-3-5-7-21)25-18(23)19-9-15-8-16(10-19)12-20(24,11-15)13-19/h14-16,24H,2-13H2,1H3. The maximum absolute atomic E-state index is 13.0. The van der Waals surface area contributed by atoms with Crippen molar-refractivity contribution in [3.63, 3.8) is 0 Å². The second-order valence-electron chi connectivity index (χ2n) is 9.25. The first-order chi connectivity index (χ1) is 11.9. The highest BCUT2D eigenvalue weighted by atomic mass is 16.5. The first-order valence-electron chi connectivity index (χ1n) is 10.1. The maximum Gasteiger partial charge on any atom is 0.312 e. The SMILES string of the molecule is CC(OC(=O)C12CC3CC(CC(O)(C3)C1)C2)C(=O)N1CCCCCC1. The Morgan fingerprint density at radius 1 is 1.04 bits per heavy atom. The van der Waals surface area contributed by atoms with E-state index in [1.165, 1.54) is 12.8 Å². The fourth-order valence-electron chi connectivity index (χ4n) is 6.34. The third-order valence-corrected chi connectivity index (χ3v) is 7.01. The van der Waals surface area contributed by atoms with E-state index in [0.717, 1.165) is 58.0 Å². The molecule has 140 valence electrons. The molecule has 0 aromatic heterocycles. The Kier molecular flexibility index (Phi) is 4.33. The number of hydrogen-bond acceptors (Lipinski definition) is 4. The Morgan fingerprint density at radius 3 is 2.20 bits per heavy atom. The van der Waals surface area contributed by atoms with Crippen LogP contribution in [0, 0.1) is 17.3 Å². The molecule has 0 aromatic rings. The molecule has 0 aromatic carbocycles. The molecule has 3 atom stereocenters. The Hall–Kier alpha value is -1.10. The van der Waals surface area contributed by atoms with Crippen LogP contribution in [0.15, 0.2) is 0 Å². The average Bonchev–Trinajstić information content (AvgIpc) is 2.80. The lowest BCUT2D eigenvalue weighted by Crippen LogP contribution is -2.59. The van der Waals surface area contributed by atoms with Crippen LogP contribution in [0.3, 0.4) is 0 Å². The molecule has 1 heterocycles. The van der Waals surface area contributed by atoms with E-state index < -0.39 is 17.1 Å². The first kappa shape index (κ1) is 17.3. The molecule has 1 N–H and O–H groups in total. The molecule has 5 rings (SSSR count). The number of ether oxygens (including phenoxy) is 1. The monoisotopic (exact) mass is 349 g/mol. The fourth-order valence-corrected chi connectivity index (χ4v) is 6.34. The molecule has 1 aliphatic heterocycles. The van der Waals surface area contributed by atoms with Gasteiger partial charge in [-0.3, -0.25) is 9.59 Å². The number of aliphatic hydroxyl groups is 1. The zero-order valence-corrected chi connectivity index (χ0v) is 15.3. The summed E-state index contributed by atoms with van der Waals surface area (Å²) in [5, 5.41) is 10.8. The molecule has 3 unspecified atom stereocenters. The largest absolute Gasteiger partial charge is 0.452 e. The fraction of sp³-hybridized carbons (Fsp3) is 0.900. The smallest absolute Gasteiger partial charge is 0.312 e. The summed E-state index contributed by atoms with van der Waals surface area (Å²) in [6.45, 7) is 3.26. The van der Waals surface area contributed by atoms with Crippen molar-refractivity contribution in [2.45, 2.75) is 82.8 Å². The number of amides is 1. The average molecular weight is 349 g/mol. The van der Waals surface area contributed by atoms with Gasteiger partial charge in [0.05, 0.1) is 11.0 Å². The highest BCUT2D eigenvalue weighted by Crippen LogP contribution is 2.62. The molecule has 4 bridgehead atoms. The van der Waals surface area contributed by atoms with Gasteiger partial charge < -0.3 is 14.7 Å².